The van der Waals surface area contributed by atoms with E-state index in [-0.39, 0.29) is 12.5 Å². The molecule has 1 heterocycles. The minimum absolute atomic E-state index is 0.126. The molecular weight excluding hydrogens is 248 g/mol. The van der Waals surface area contributed by atoms with Crippen molar-refractivity contribution in [3.63, 3.8) is 0 Å². The van der Waals surface area contributed by atoms with Crippen molar-refractivity contribution in [3.05, 3.63) is 29.8 Å². The number of imide groups is 1. The van der Waals surface area contributed by atoms with Gasteiger partial charge in [-0.2, -0.15) is 0 Å². The third-order valence-corrected chi connectivity index (χ3v) is 2.95. The molecule has 0 radical (unpaired) electrons. The number of anilines is 1. The van der Waals surface area contributed by atoms with Gasteiger partial charge >= 0.3 is 6.03 Å². The quantitative estimate of drug-likeness (QED) is 0.557. The summed E-state index contributed by atoms with van der Waals surface area (Å²) in [5.41, 5.74) is 5.17. The SMILES string of the molecule is CC1(c2cccc(NC(=O)CN)c2)NC(=O)NC1=O. The lowest BCUT2D eigenvalue weighted by Crippen LogP contribution is -2.40. The van der Waals surface area contributed by atoms with Gasteiger partial charge in [-0.15, -0.1) is 0 Å². The zero-order valence-corrected chi connectivity index (χ0v) is 10.3. The van der Waals surface area contributed by atoms with Gasteiger partial charge in [0.2, 0.25) is 5.91 Å². The summed E-state index contributed by atoms with van der Waals surface area (Å²) in [6, 6.07) is 6.14. The zero-order chi connectivity index (χ0) is 14.0. The van der Waals surface area contributed by atoms with E-state index in [1.54, 1.807) is 31.2 Å². The van der Waals surface area contributed by atoms with Crippen LogP contribution >= 0.6 is 0 Å². The van der Waals surface area contributed by atoms with Crippen LogP contribution in [0, 0.1) is 0 Å². The van der Waals surface area contributed by atoms with Gasteiger partial charge < -0.3 is 16.4 Å². The minimum Gasteiger partial charge on any atom is -0.325 e. The highest BCUT2D eigenvalue weighted by atomic mass is 16.2. The molecule has 100 valence electrons. The van der Waals surface area contributed by atoms with Crippen LogP contribution in [0.25, 0.3) is 0 Å². The largest absolute Gasteiger partial charge is 0.325 e. The summed E-state index contributed by atoms with van der Waals surface area (Å²) in [4.78, 5) is 34.2. The number of carbonyl (C=O) groups is 3. The maximum atomic E-state index is 11.8. The van der Waals surface area contributed by atoms with Crippen LogP contribution in [0.15, 0.2) is 24.3 Å². The second-order valence-electron chi connectivity index (χ2n) is 4.37. The molecule has 19 heavy (non-hydrogen) atoms. The molecule has 0 spiro atoms. The van der Waals surface area contributed by atoms with Crippen molar-refractivity contribution < 1.29 is 14.4 Å². The Morgan fingerprint density at radius 1 is 1.42 bits per heavy atom. The molecule has 1 unspecified atom stereocenters. The molecule has 0 bridgehead atoms. The summed E-state index contributed by atoms with van der Waals surface area (Å²) in [7, 11) is 0. The van der Waals surface area contributed by atoms with Crippen molar-refractivity contribution >= 4 is 23.5 Å². The smallest absolute Gasteiger partial charge is 0.322 e. The Bertz CT molecular complexity index is 558. The van der Waals surface area contributed by atoms with E-state index in [9.17, 15) is 14.4 Å². The molecule has 1 atom stereocenters. The molecule has 0 saturated carbocycles. The first-order valence-electron chi connectivity index (χ1n) is 5.70. The van der Waals surface area contributed by atoms with Gasteiger partial charge in [-0.1, -0.05) is 12.1 Å². The van der Waals surface area contributed by atoms with Crippen LogP contribution in [-0.4, -0.2) is 24.4 Å². The van der Waals surface area contributed by atoms with Crippen molar-refractivity contribution in [1.82, 2.24) is 10.6 Å². The Labute approximate surface area is 109 Å². The standard InChI is InChI=1S/C12H14N4O3/c1-12(10(18)15-11(19)16-12)7-3-2-4-8(5-7)14-9(17)6-13/h2-5H,6,13H2,1H3,(H,14,17)(H2,15,16,18,19). The lowest BCUT2D eigenvalue weighted by atomic mass is 9.92. The van der Waals surface area contributed by atoms with Crippen molar-refractivity contribution in [3.8, 4) is 0 Å². The van der Waals surface area contributed by atoms with Gasteiger partial charge in [0.1, 0.15) is 5.54 Å². The van der Waals surface area contributed by atoms with E-state index in [1.807, 2.05) is 0 Å². The van der Waals surface area contributed by atoms with Gasteiger partial charge in [-0.3, -0.25) is 14.9 Å². The van der Waals surface area contributed by atoms with E-state index in [4.69, 9.17) is 5.73 Å². The topological polar surface area (TPSA) is 113 Å². The van der Waals surface area contributed by atoms with E-state index in [1.165, 1.54) is 0 Å². The summed E-state index contributed by atoms with van der Waals surface area (Å²) < 4.78 is 0. The monoisotopic (exact) mass is 262 g/mol. The van der Waals surface area contributed by atoms with Crippen molar-refractivity contribution in [2.45, 2.75) is 12.5 Å². The first kappa shape index (κ1) is 13.0. The predicted molar refractivity (Wildman–Crippen MR) is 68.2 cm³/mol. The van der Waals surface area contributed by atoms with Gasteiger partial charge in [0.05, 0.1) is 6.54 Å². The van der Waals surface area contributed by atoms with E-state index in [0.717, 1.165) is 0 Å². The molecule has 5 N–H and O–H groups in total. The number of rotatable bonds is 3. The molecule has 1 fully saturated rings. The second kappa shape index (κ2) is 4.69. The van der Waals surface area contributed by atoms with Crippen molar-refractivity contribution in [2.75, 3.05) is 11.9 Å². The predicted octanol–water partition coefficient (Wildman–Crippen LogP) is -0.362. The molecule has 1 aliphatic rings. The van der Waals surface area contributed by atoms with Crippen LogP contribution in [0.5, 0.6) is 0 Å². The van der Waals surface area contributed by atoms with Crippen LogP contribution in [0.3, 0.4) is 0 Å². The Kier molecular flexibility index (Phi) is 3.22. The number of hydrogen-bond acceptors (Lipinski definition) is 4. The molecule has 2 rings (SSSR count). The third kappa shape index (κ3) is 2.41. The molecular formula is C12H14N4O3. The van der Waals surface area contributed by atoms with Crippen LogP contribution in [0.1, 0.15) is 12.5 Å². The van der Waals surface area contributed by atoms with E-state index >= 15 is 0 Å². The molecule has 0 aromatic heterocycles. The summed E-state index contributed by atoms with van der Waals surface area (Å²) in [5, 5.41) is 7.33. The van der Waals surface area contributed by atoms with Crippen LogP contribution in [-0.2, 0) is 15.1 Å². The number of benzene rings is 1. The maximum absolute atomic E-state index is 11.8. The van der Waals surface area contributed by atoms with Gasteiger partial charge in [-0.25, -0.2) is 4.79 Å². The molecule has 1 aliphatic heterocycles. The lowest BCUT2D eigenvalue weighted by molar-refractivity contribution is -0.123. The highest BCUT2D eigenvalue weighted by Gasteiger charge is 2.43. The number of nitrogens with one attached hydrogen (secondary N) is 3. The highest BCUT2D eigenvalue weighted by Crippen LogP contribution is 2.26. The van der Waals surface area contributed by atoms with Gasteiger partial charge in [-0.05, 0) is 24.6 Å². The molecule has 1 aromatic carbocycles. The summed E-state index contributed by atoms with van der Waals surface area (Å²) in [6.07, 6.45) is 0. The van der Waals surface area contributed by atoms with E-state index in [2.05, 4.69) is 16.0 Å². The Morgan fingerprint density at radius 3 is 2.74 bits per heavy atom. The maximum Gasteiger partial charge on any atom is 0.322 e. The number of hydrogen-bond donors (Lipinski definition) is 4. The van der Waals surface area contributed by atoms with Crippen LogP contribution < -0.4 is 21.7 Å². The molecule has 7 heteroatoms. The molecule has 7 nitrogen and oxygen atoms in total. The Morgan fingerprint density at radius 2 is 2.16 bits per heavy atom. The summed E-state index contributed by atoms with van der Waals surface area (Å²) in [6.45, 7) is 1.47. The molecule has 1 saturated heterocycles. The number of urea groups is 1. The molecule has 4 amide bonds. The van der Waals surface area contributed by atoms with Gasteiger partial charge in [0, 0.05) is 5.69 Å². The average molecular weight is 262 g/mol. The van der Waals surface area contributed by atoms with Gasteiger partial charge in [0.25, 0.3) is 5.91 Å². The van der Waals surface area contributed by atoms with Crippen LogP contribution in [0.2, 0.25) is 0 Å². The summed E-state index contributed by atoms with van der Waals surface area (Å²) in [5.74, 6) is -0.762. The Hall–Kier alpha value is -2.41. The fraction of sp³-hybridized carbons (Fsp3) is 0.250. The highest BCUT2D eigenvalue weighted by molar-refractivity contribution is 6.07. The second-order valence-corrected chi connectivity index (χ2v) is 4.37. The van der Waals surface area contributed by atoms with Crippen molar-refractivity contribution in [1.29, 1.82) is 0 Å². The minimum atomic E-state index is -1.14. The number of nitrogens with two attached hydrogens (primary N) is 1. The van der Waals surface area contributed by atoms with E-state index < -0.39 is 17.5 Å². The molecule has 0 aliphatic carbocycles. The van der Waals surface area contributed by atoms with Crippen LogP contribution in [0.4, 0.5) is 10.5 Å². The molecule has 1 aromatic rings. The number of carbonyl (C=O) groups excluding carboxylic acids is 3. The lowest BCUT2D eigenvalue weighted by Gasteiger charge is -2.21. The first-order chi connectivity index (χ1) is 8.95. The normalized spacial score (nSPS) is 21.8. The average Bonchev–Trinajstić information content (AvgIpc) is 2.64. The van der Waals surface area contributed by atoms with Gasteiger partial charge in [0.15, 0.2) is 0 Å². The first-order valence-corrected chi connectivity index (χ1v) is 5.70. The van der Waals surface area contributed by atoms with Crippen molar-refractivity contribution in [2.24, 2.45) is 5.73 Å². The third-order valence-electron chi connectivity index (χ3n) is 2.95. The van der Waals surface area contributed by atoms with E-state index in [0.29, 0.717) is 11.3 Å². The summed E-state index contributed by atoms with van der Waals surface area (Å²) >= 11 is 0. The fourth-order valence-electron chi connectivity index (χ4n) is 1.87. The fourth-order valence-corrected chi connectivity index (χ4v) is 1.87. The number of amides is 4. The Balaban J connectivity index is 2.31. The zero-order valence-electron chi connectivity index (χ0n) is 10.3.